The van der Waals surface area contributed by atoms with Gasteiger partial charge in [-0.15, -0.1) is 12.4 Å². The van der Waals surface area contributed by atoms with Crippen molar-refractivity contribution in [3.63, 3.8) is 0 Å². The maximum Gasteiger partial charge on any atom is 0.307 e. The van der Waals surface area contributed by atoms with Gasteiger partial charge in [-0.2, -0.15) is 0 Å². The van der Waals surface area contributed by atoms with E-state index < -0.39 is 0 Å². The lowest BCUT2D eigenvalue weighted by Gasteiger charge is -2.37. The van der Waals surface area contributed by atoms with Crippen molar-refractivity contribution in [1.29, 1.82) is 0 Å². The van der Waals surface area contributed by atoms with E-state index in [1.54, 1.807) is 0 Å². The number of carbonyl (C=O) groups excluding carboxylic acids is 2. The van der Waals surface area contributed by atoms with Gasteiger partial charge in [0.1, 0.15) is 0 Å². The van der Waals surface area contributed by atoms with E-state index in [4.69, 9.17) is 0 Å². The summed E-state index contributed by atoms with van der Waals surface area (Å²) < 4.78 is 4.63. The standard InChI is InChI=1S/C14H24N2O3.ClH/c1-10(7-12(17)19-2)16-13(18)14-6-4-3-5-11(14)8-15-9-14;/h10-11,15H,3-9H2,1-2H3,(H,16,18);1H/t10?,11-,14+;/m0./s1. The fourth-order valence-corrected chi connectivity index (χ4v) is 3.44. The monoisotopic (exact) mass is 304 g/mol. The smallest absolute Gasteiger partial charge is 0.307 e. The van der Waals surface area contributed by atoms with Crippen LogP contribution in [0.2, 0.25) is 0 Å². The minimum Gasteiger partial charge on any atom is -0.469 e. The summed E-state index contributed by atoms with van der Waals surface area (Å²) >= 11 is 0. The number of esters is 1. The van der Waals surface area contributed by atoms with Crippen LogP contribution < -0.4 is 10.6 Å². The van der Waals surface area contributed by atoms with Crippen molar-refractivity contribution in [3.05, 3.63) is 0 Å². The number of rotatable bonds is 4. The summed E-state index contributed by atoms with van der Waals surface area (Å²) in [5.41, 5.74) is -0.247. The van der Waals surface area contributed by atoms with E-state index in [0.29, 0.717) is 5.92 Å². The predicted molar refractivity (Wildman–Crippen MR) is 78.7 cm³/mol. The van der Waals surface area contributed by atoms with Crippen molar-refractivity contribution < 1.29 is 14.3 Å². The number of ether oxygens (including phenoxy) is 1. The summed E-state index contributed by atoms with van der Waals surface area (Å²) in [5.74, 6) is 0.278. The van der Waals surface area contributed by atoms with Gasteiger partial charge in [0.15, 0.2) is 0 Å². The molecule has 1 aliphatic heterocycles. The van der Waals surface area contributed by atoms with Crippen molar-refractivity contribution in [1.82, 2.24) is 10.6 Å². The van der Waals surface area contributed by atoms with Crippen LogP contribution in [0.5, 0.6) is 0 Å². The molecule has 6 heteroatoms. The van der Waals surface area contributed by atoms with Crippen LogP contribution in [0.25, 0.3) is 0 Å². The molecule has 5 nitrogen and oxygen atoms in total. The van der Waals surface area contributed by atoms with E-state index in [0.717, 1.165) is 32.4 Å². The number of methoxy groups -OCH3 is 1. The normalized spacial score (nSPS) is 29.8. The molecule has 0 spiro atoms. The van der Waals surface area contributed by atoms with E-state index >= 15 is 0 Å². The van der Waals surface area contributed by atoms with Gasteiger partial charge in [0.2, 0.25) is 5.91 Å². The van der Waals surface area contributed by atoms with Gasteiger partial charge in [0.25, 0.3) is 0 Å². The number of amides is 1. The van der Waals surface area contributed by atoms with Crippen molar-refractivity contribution in [3.8, 4) is 0 Å². The molecule has 0 aromatic carbocycles. The Morgan fingerprint density at radius 3 is 2.90 bits per heavy atom. The highest BCUT2D eigenvalue weighted by Gasteiger charge is 2.49. The highest BCUT2D eigenvalue weighted by atomic mass is 35.5. The molecule has 1 aliphatic carbocycles. The molecule has 0 aromatic heterocycles. The van der Waals surface area contributed by atoms with Crippen molar-refractivity contribution in [2.24, 2.45) is 11.3 Å². The van der Waals surface area contributed by atoms with E-state index in [-0.39, 0.29) is 42.2 Å². The first-order valence-electron chi connectivity index (χ1n) is 7.17. The summed E-state index contributed by atoms with van der Waals surface area (Å²) in [4.78, 5) is 23.8. The zero-order valence-electron chi connectivity index (χ0n) is 12.2. The second-order valence-corrected chi connectivity index (χ2v) is 5.88. The Morgan fingerprint density at radius 2 is 2.20 bits per heavy atom. The predicted octanol–water partition coefficient (Wildman–Crippen LogP) is 1.26. The zero-order chi connectivity index (χ0) is 13.9. The molecule has 2 rings (SSSR count). The molecular formula is C14H25ClN2O3. The molecule has 1 saturated carbocycles. The lowest BCUT2D eigenvalue weighted by molar-refractivity contribution is -0.141. The molecule has 116 valence electrons. The van der Waals surface area contributed by atoms with Crippen LogP contribution in [0.3, 0.4) is 0 Å². The van der Waals surface area contributed by atoms with Crippen LogP contribution in [0.15, 0.2) is 0 Å². The average molecular weight is 305 g/mol. The molecular weight excluding hydrogens is 280 g/mol. The molecule has 3 atom stereocenters. The Hall–Kier alpha value is -0.810. The maximum absolute atomic E-state index is 12.6. The van der Waals surface area contributed by atoms with Crippen molar-refractivity contribution >= 4 is 24.3 Å². The Labute approximate surface area is 126 Å². The molecule has 1 amide bonds. The molecule has 20 heavy (non-hydrogen) atoms. The first kappa shape index (κ1) is 17.2. The summed E-state index contributed by atoms with van der Waals surface area (Å²) in [5, 5.41) is 6.36. The van der Waals surface area contributed by atoms with Gasteiger partial charge >= 0.3 is 5.97 Å². The molecule has 1 heterocycles. The molecule has 2 fully saturated rings. The fraction of sp³-hybridized carbons (Fsp3) is 0.857. The van der Waals surface area contributed by atoms with Crippen LogP contribution in [0.4, 0.5) is 0 Å². The molecule has 0 aromatic rings. The number of nitrogens with one attached hydrogen (secondary N) is 2. The Kier molecular flexibility index (Phi) is 6.27. The third-order valence-corrected chi connectivity index (χ3v) is 4.57. The number of carbonyl (C=O) groups is 2. The summed E-state index contributed by atoms with van der Waals surface area (Å²) in [6, 6.07) is -0.169. The molecule has 1 unspecified atom stereocenters. The van der Waals surface area contributed by atoms with Gasteiger partial charge in [-0.25, -0.2) is 0 Å². The third kappa shape index (κ3) is 3.44. The zero-order valence-corrected chi connectivity index (χ0v) is 13.1. The van der Waals surface area contributed by atoms with Gasteiger partial charge in [0.05, 0.1) is 18.9 Å². The van der Waals surface area contributed by atoms with Gasteiger partial charge < -0.3 is 15.4 Å². The van der Waals surface area contributed by atoms with Gasteiger partial charge in [0, 0.05) is 12.6 Å². The minimum absolute atomic E-state index is 0. The van der Waals surface area contributed by atoms with Gasteiger partial charge in [-0.05, 0) is 32.2 Å². The molecule has 1 saturated heterocycles. The first-order chi connectivity index (χ1) is 9.08. The van der Waals surface area contributed by atoms with E-state index in [1.807, 2.05) is 6.92 Å². The van der Waals surface area contributed by atoms with Crippen LogP contribution in [-0.4, -0.2) is 38.1 Å². The number of fused-ring (bicyclic) bond motifs is 1. The van der Waals surface area contributed by atoms with Crippen molar-refractivity contribution in [2.45, 2.75) is 45.1 Å². The average Bonchev–Trinajstić information content (AvgIpc) is 2.83. The maximum atomic E-state index is 12.6. The number of hydrogen-bond donors (Lipinski definition) is 2. The summed E-state index contributed by atoms with van der Waals surface area (Å²) in [6.45, 7) is 3.57. The van der Waals surface area contributed by atoms with Crippen LogP contribution in [0, 0.1) is 11.3 Å². The Balaban J connectivity index is 0.00000200. The highest BCUT2D eigenvalue weighted by Crippen LogP contribution is 2.43. The Bertz CT molecular complexity index is 364. The van der Waals surface area contributed by atoms with E-state index in [9.17, 15) is 9.59 Å². The molecule has 2 aliphatic rings. The quantitative estimate of drug-likeness (QED) is 0.767. The lowest BCUT2D eigenvalue weighted by atomic mass is 9.67. The number of halogens is 1. The van der Waals surface area contributed by atoms with Gasteiger partial charge in [-0.1, -0.05) is 12.8 Å². The second-order valence-electron chi connectivity index (χ2n) is 5.88. The summed E-state index contributed by atoms with van der Waals surface area (Å²) in [7, 11) is 1.37. The molecule has 0 radical (unpaired) electrons. The third-order valence-electron chi connectivity index (χ3n) is 4.57. The molecule has 2 N–H and O–H groups in total. The Morgan fingerprint density at radius 1 is 1.45 bits per heavy atom. The fourth-order valence-electron chi connectivity index (χ4n) is 3.44. The highest BCUT2D eigenvalue weighted by molar-refractivity contribution is 5.85. The van der Waals surface area contributed by atoms with Crippen LogP contribution in [0.1, 0.15) is 39.0 Å². The first-order valence-corrected chi connectivity index (χ1v) is 7.17. The SMILES string of the molecule is COC(=O)CC(C)NC(=O)[C@@]12CCCC[C@H]1CNC2.Cl. The number of hydrogen-bond acceptors (Lipinski definition) is 4. The lowest BCUT2D eigenvalue weighted by Crippen LogP contribution is -2.50. The topological polar surface area (TPSA) is 67.4 Å². The minimum atomic E-state index is -0.282. The van der Waals surface area contributed by atoms with E-state index in [1.165, 1.54) is 13.5 Å². The largest absolute Gasteiger partial charge is 0.469 e. The molecule has 0 bridgehead atoms. The van der Waals surface area contributed by atoms with Gasteiger partial charge in [-0.3, -0.25) is 9.59 Å². The summed E-state index contributed by atoms with van der Waals surface area (Å²) in [6.07, 6.45) is 4.67. The van der Waals surface area contributed by atoms with Crippen LogP contribution in [-0.2, 0) is 14.3 Å². The second kappa shape index (κ2) is 7.27. The van der Waals surface area contributed by atoms with Crippen molar-refractivity contribution in [2.75, 3.05) is 20.2 Å². The van der Waals surface area contributed by atoms with E-state index in [2.05, 4.69) is 15.4 Å². The van der Waals surface area contributed by atoms with Crippen LogP contribution >= 0.6 is 12.4 Å².